The van der Waals surface area contributed by atoms with Crippen molar-refractivity contribution in [2.24, 2.45) is 17.8 Å². The Morgan fingerprint density at radius 1 is 1.06 bits per heavy atom. The number of nitrogens with one attached hydrogen (secondary N) is 2. The first-order chi connectivity index (χ1) is 14.9. The molecule has 1 aromatic rings. The van der Waals surface area contributed by atoms with Crippen molar-refractivity contribution < 1.29 is 17.9 Å². The van der Waals surface area contributed by atoms with Crippen LogP contribution in [-0.4, -0.2) is 59.8 Å². The summed E-state index contributed by atoms with van der Waals surface area (Å²) in [6, 6.07) is 0. The molecule has 4 aliphatic carbocycles. The Morgan fingerprint density at radius 2 is 1.69 bits per heavy atom. The van der Waals surface area contributed by atoms with Crippen LogP contribution in [0.5, 0.6) is 0 Å². The fraction of sp³-hybridized carbons (Fsp3) is 0.826. The Morgan fingerprint density at radius 3 is 2.28 bits per heavy atom. The van der Waals surface area contributed by atoms with Crippen LogP contribution in [0.15, 0.2) is 6.20 Å². The molecule has 6 nitrogen and oxygen atoms in total. The normalized spacial score (nSPS) is 32.0. The van der Waals surface area contributed by atoms with E-state index in [4.69, 9.17) is 4.74 Å². The zero-order valence-electron chi connectivity index (χ0n) is 17.9. The van der Waals surface area contributed by atoms with E-state index < -0.39 is 11.9 Å². The van der Waals surface area contributed by atoms with Crippen molar-refractivity contribution >= 4 is 5.95 Å². The molecular weight excluding hydrogens is 419 g/mol. The van der Waals surface area contributed by atoms with E-state index >= 15 is 0 Å². The number of nitrogens with zero attached hydrogens (tertiary/aromatic N) is 3. The van der Waals surface area contributed by atoms with Crippen molar-refractivity contribution in [2.75, 3.05) is 44.7 Å². The topological polar surface area (TPSA) is 62.3 Å². The molecule has 1 saturated heterocycles. The highest BCUT2D eigenvalue weighted by molar-refractivity contribution is 5.35. The summed E-state index contributed by atoms with van der Waals surface area (Å²) in [6.07, 6.45) is 3.81. The van der Waals surface area contributed by atoms with E-state index in [9.17, 15) is 13.2 Å². The van der Waals surface area contributed by atoms with E-state index in [1.807, 2.05) is 0 Å². The molecule has 9 heteroatoms. The van der Waals surface area contributed by atoms with Gasteiger partial charge in [0.25, 0.3) is 0 Å². The minimum atomic E-state index is -4.50. The predicted octanol–water partition coefficient (Wildman–Crippen LogP) is 3.93. The van der Waals surface area contributed by atoms with Gasteiger partial charge >= 0.3 is 6.18 Å². The van der Waals surface area contributed by atoms with Crippen molar-refractivity contribution in [2.45, 2.75) is 64.2 Å². The van der Waals surface area contributed by atoms with Crippen LogP contribution in [0.4, 0.5) is 19.1 Å². The van der Waals surface area contributed by atoms with Gasteiger partial charge in [-0.2, -0.15) is 13.2 Å². The number of rotatable bonds is 7. The zero-order valence-corrected chi connectivity index (χ0v) is 17.9. The van der Waals surface area contributed by atoms with Crippen molar-refractivity contribution in [1.82, 2.24) is 20.2 Å². The van der Waals surface area contributed by atoms with Crippen LogP contribution in [-0.2, 0) is 17.5 Å². The second kappa shape index (κ2) is 9.43. The SMILES string of the molecule is C.FC(F)(F)c1nc(NC23CC4CC(CC(C4)C2)C3)ncc1CNCCN1CCOCC1. The number of hydrogen-bond donors (Lipinski definition) is 2. The van der Waals surface area contributed by atoms with Crippen LogP contribution in [0.1, 0.15) is 57.2 Å². The van der Waals surface area contributed by atoms with Crippen LogP contribution in [0.2, 0.25) is 0 Å². The molecular formula is C23H36F3N5O. The van der Waals surface area contributed by atoms with E-state index in [-0.39, 0.29) is 31.0 Å². The third-order valence-electron chi connectivity index (χ3n) is 7.57. The quantitative estimate of drug-likeness (QED) is 0.608. The number of anilines is 1. The Kier molecular flexibility index (Phi) is 6.98. The summed E-state index contributed by atoms with van der Waals surface area (Å²) in [7, 11) is 0. The highest BCUT2D eigenvalue weighted by atomic mass is 19.4. The van der Waals surface area contributed by atoms with Gasteiger partial charge in [-0.3, -0.25) is 4.90 Å². The maximum absolute atomic E-state index is 13.8. The maximum Gasteiger partial charge on any atom is 0.433 e. The molecule has 5 aliphatic rings. The van der Waals surface area contributed by atoms with Gasteiger partial charge in [0, 0.05) is 50.0 Å². The molecule has 32 heavy (non-hydrogen) atoms. The zero-order chi connectivity index (χ0) is 21.5. The van der Waals surface area contributed by atoms with Crippen LogP contribution in [0.3, 0.4) is 0 Å². The van der Waals surface area contributed by atoms with Gasteiger partial charge in [-0.1, -0.05) is 7.43 Å². The third-order valence-corrected chi connectivity index (χ3v) is 7.57. The van der Waals surface area contributed by atoms with Crippen LogP contribution >= 0.6 is 0 Å². The molecule has 1 aliphatic heterocycles. The first-order valence-corrected chi connectivity index (χ1v) is 11.6. The van der Waals surface area contributed by atoms with E-state index in [0.717, 1.165) is 38.9 Å². The molecule has 4 bridgehead atoms. The minimum absolute atomic E-state index is 0. The van der Waals surface area contributed by atoms with Crippen LogP contribution in [0.25, 0.3) is 0 Å². The van der Waals surface area contributed by atoms with Gasteiger partial charge in [0.05, 0.1) is 13.2 Å². The van der Waals surface area contributed by atoms with Gasteiger partial charge in [-0.05, 0) is 56.3 Å². The van der Waals surface area contributed by atoms with Gasteiger partial charge in [-0.25, -0.2) is 9.97 Å². The van der Waals surface area contributed by atoms with Gasteiger partial charge in [0.15, 0.2) is 5.69 Å². The van der Waals surface area contributed by atoms with Crippen molar-refractivity contribution in [3.63, 3.8) is 0 Å². The number of ether oxygens (including phenoxy) is 1. The molecule has 2 N–H and O–H groups in total. The van der Waals surface area contributed by atoms with Gasteiger partial charge in [0.2, 0.25) is 5.95 Å². The largest absolute Gasteiger partial charge is 0.433 e. The van der Waals surface area contributed by atoms with Crippen LogP contribution in [0, 0.1) is 17.8 Å². The summed E-state index contributed by atoms with van der Waals surface area (Å²) in [5, 5.41) is 6.50. The Hall–Kier alpha value is -1.45. The fourth-order valence-corrected chi connectivity index (χ4v) is 6.63. The van der Waals surface area contributed by atoms with E-state index in [2.05, 4.69) is 25.5 Å². The first-order valence-electron chi connectivity index (χ1n) is 11.6. The van der Waals surface area contributed by atoms with Crippen molar-refractivity contribution in [3.05, 3.63) is 17.5 Å². The molecule has 2 heterocycles. The average molecular weight is 456 g/mol. The number of aromatic nitrogens is 2. The summed E-state index contributed by atoms with van der Waals surface area (Å²) < 4.78 is 46.6. The highest BCUT2D eigenvalue weighted by Gasteiger charge is 2.51. The number of morpholine rings is 1. The summed E-state index contributed by atoms with van der Waals surface area (Å²) >= 11 is 0. The van der Waals surface area contributed by atoms with Gasteiger partial charge < -0.3 is 15.4 Å². The number of alkyl halides is 3. The monoisotopic (exact) mass is 455 g/mol. The molecule has 1 aromatic heterocycles. The molecule has 0 amide bonds. The smallest absolute Gasteiger partial charge is 0.379 e. The van der Waals surface area contributed by atoms with Gasteiger partial charge in [-0.15, -0.1) is 0 Å². The number of halogens is 3. The molecule has 0 unspecified atom stereocenters. The second-order valence-electron chi connectivity index (χ2n) is 10.0. The van der Waals surface area contributed by atoms with E-state index in [0.29, 0.717) is 37.5 Å². The fourth-order valence-electron chi connectivity index (χ4n) is 6.63. The Balaban J connectivity index is 0.00000245. The lowest BCUT2D eigenvalue weighted by atomic mass is 9.53. The molecule has 6 rings (SSSR count). The molecule has 0 radical (unpaired) electrons. The molecule has 0 atom stereocenters. The third kappa shape index (κ3) is 5.20. The summed E-state index contributed by atoms with van der Waals surface area (Å²) in [4.78, 5) is 10.5. The van der Waals surface area contributed by atoms with Crippen LogP contribution < -0.4 is 10.6 Å². The lowest BCUT2D eigenvalue weighted by Crippen LogP contribution is -2.55. The molecule has 0 aromatic carbocycles. The second-order valence-corrected chi connectivity index (χ2v) is 10.0. The molecule has 5 fully saturated rings. The molecule has 0 spiro atoms. The Labute approximate surface area is 188 Å². The summed E-state index contributed by atoms with van der Waals surface area (Å²) in [6.45, 7) is 4.67. The van der Waals surface area contributed by atoms with E-state index in [1.165, 1.54) is 25.5 Å². The molecule has 180 valence electrons. The summed E-state index contributed by atoms with van der Waals surface area (Å²) in [5.41, 5.74) is -0.839. The lowest BCUT2D eigenvalue weighted by molar-refractivity contribution is -0.141. The highest BCUT2D eigenvalue weighted by Crippen LogP contribution is 2.56. The van der Waals surface area contributed by atoms with Crippen molar-refractivity contribution in [1.29, 1.82) is 0 Å². The maximum atomic E-state index is 13.8. The van der Waals surface area contributed by atoms with Gasteiger partial charge in [0.1, 0.15) is 0 Å². The Bertz CT molecular complexity index is 746. The predicted molar refractivity (Wildman–Crippen MR) is 117 cm³/mol. The number of hydrogen-bond acceptors (Lipinski definition) is 6. The average Bonchev–Trinajstić information content (AvgIpc) is 2.71. The minimum Gasteiger partial charge on any atom is -0.379 e. The van der Waals surface area contributed by atoms with Crippen molar-refractivity contribution in [3.8, 4) is 0 Å². The molecule has 4 saturated carbocycles. The van der Waals surface area contributed by atoms with E-state index in [1.54, 1.807) is 0 Å². The standard InChI is InChI=1S/C22H32F3N5O.CH4/c23-22(24,25)19-18(13-26-1-2-30-3-5-31-6-4-30)14-27-20(28-19)29-21-10-15-7-16(11-21)9-17(8-15)12-21;/h14-17,26H,1-13H2,(H,27,28,29);1H4. The first kappa shape index (κ1) is 23.7. The summed E-state index contributed by atoms with van der Waals surface area (Å²) in [5.74, 6) is 2.24. The lowest BCUT2D eigenvalue weighted by Gasteiger charge is -2.56.